The fourth-order valence-electron chi connectivity index (χ4n) is 0.945. The van der Waals surface area contributed by atoms with Crippen molar-refractivity contribution in [3.63, 3.8) is 0 Å². The van der Waals surface area contributed by atoms with Crippen LogP contribution in [0.4, 0.5) is 5.69 Å². The van der Waals surface area contributed by atoms with Gasteiger partial charge in [0.25, 0.3) is 0 Å². The molecule has 1 aromatic rings. The summed E-state index contributed by atoms with van der Waals surface area (Å²) in [7, 11) is 0. The standard InChI is InChI=1S/C9H11BrN2O/c1-6-3-2-4-7(9(6)10)12-8(13)5-11/h2-4H,5,11H2,1H3,(H,12,13). The fraction of sp³-hybridized carbons (Fsp3) is 0.222. The van der Waals surface area contributed by atoms with Crippen LogP contribution in [-0.2, 0) is 4.79 Å². The number of aryl methyl sites for hydroxylation is 1. The second kappa shape index (κ2) is 4.39. The summed E-state index contributed by atoms with van der Waals surface area (Å²) in [6.45, 7) is 1.96. The molecule has 0 aliphatic carbocycles. The number of amides is 1. The number of benzene rings is 1. The van der Waals surface area contributed by atoms with E-state index in [1.165, 1.54) is 0 Å². The maximum Gasteiger partial charge on any atom is 0.238 e. The lowest BCUT2D eigenvalue weighted by molar-refractivity contribution is -0.114. The van der Waals surface area contributed by atoms with Gasteiger partial charge in [0.1, 0.15) is 0 Å². The first-order valence-corrected chi connectivity index (χ1v) is 4.69. The Kier molecular flexibility index (Phi) is 3.45. The summed E-state index contributed by atoms with van der Waals surface area (Å²) >= 11 is 3.38. The molecule has 1 aromatic carbocycles. The van der Waals surface area contributed by atoms with Crippen molar-refractivity contribution in [2.24, 2.45) is 5.73 Å². The first-order valence-electron chi connectivity index (χ1n) is 3.90. The van der Waals surface area contributed by atoms with E-state index in [0.717, 1.165) is 15.7 Å². The van der Waals surface area contributed by atoms with Gasteiger partial charge in [-0.3, -0.25) is 4.79 Å². The van der Waals surface area contributed by atoms with Crippen molar-refractivity contribution in [3.05, 3.63) is 28.2 Å². The fourth-order valence-corrected chi connectivity index (χ4v) is 1.31. The molecule has 0 heterocycles. The predicted molar refractivity (Wildman–Crippen MR) is 56.6 cm³/mol. The Morgan fingerprint density at radius 1 is 1.62 bits per heavy atom. The van der Waals surface area contributed by atoms with Crippen LogP contribution in [0.3, 0.4) is 0 Å². The van der Waals surface area contributed by atoms with Gasteiger partial charge in [-0.05, 0) is 34.5 Å². The maximum atomic E-state index is 11.0. The Morgan fingerprint density at radius 3 is 2.92 bits per heavy atom. The van der Waals surface area contributed by atoms with Crippen molar-refractivity contribution >= 4 is 27.5 Å². The van der Waals surface area contributed by atoms with Crippen LogP contribution in [0.5, 0.6) is 0 Å². The van der Waals surface area contributed by atoms with Crippen molar-refractivity contribution in [1.82, 2.24) is 0 Å². The van der Waals surface area contributed by atoms with Gasteiger partial charge >= 0.3 is 0 Å². The summed E-state index contributed by atoms with van der Waals surface area (Å²) in [6, 6.07) is 5.67. The summed E-state index contributed by atoms with van der Waals surface area (Å²) in [5.74, 6) is -0.189. The normalized spacial score (nSPS) is 9.77. The van der Waals surface area contributed by atoms with Gasteiger partial charge in [0, 0.05) is 4.47 Å². The van der Waals surface area contributed by atoms with Gasteiger partial charge in [-0.15, -0.1) is 0 Å². The molecule has 0 saturated heterocycles. The van der Waals surface area contributed by atoms with Crippen LogP contribution >= 0.6 is 15.9 Å². The molecular formula is C9H11BrN2O. The third-order valence-corrected chi connectivity index (χ3v) is 2.70. The number of rotatable bonds is 2. The third kappa shape index (κ3) is 2.54. The summed E-state index contributed by atoms with van der Waals surface area (Å²) < 4.78 is 0.900. The summed E-state index contributed by atoms with van der Waals surface area (Å²) in [4.78, 5) is 11.0. The minimum Gasteiger partial charge on any atom is -0.324 e. The second-order valence-corrected chi connectivity index (χ2v) is 3.48. The smallest absolute Gasteiger partial charge is 0.238 e. The lowest BCUT2D eigenvalue weighted by atomic mass is 10.2. The van der Waals surface area contributed by atoms with Gasteiger partial charge in [-0.25, -0.2) is 0 Å². The topological polar surface area (TPSA) is 55.1 Å². The molecule has 0 aliphatic heterocycles. The van der Waals surface area contributed by atoms with Gasteiger partial charge in [0.05, 0.1) is 12.2 Å². The second-order valence-electron chi connectivity index (χ2n) is 2.69. The van der Waals surface area contributed by atoms with E-state index in [1.807, 2.05) is 25.1 Å². The lowest BCUT2D eigenvalue weighted by Crippen LogP contribution is -2.22. The molecule has 0 saturated carbocycles. The zero-order chi connectivity index (χ0) is 9.84. The van der Waals surface area contributed by atoms with Crippen LogP contribution in [-0.4, -0.2) is 12.5 Å². The molecule has 0 aromatic heterocycles. The minimum atomic E-state index is -0.189. The van der Waals surface area contributed by atoms with Crippen molar-refractivity contribution in [2.45, 2.75) is 6.92 Å². The van der Waals surface area contributed by atoms with Crippen LogP contribution in [0.2, 0.25) is 0 Å². The predicted octanol–water partition coefficient (Wildman–Crippen LogP) is 1.65. The molecule has 0 fully saturated rings. The van der Waals surface area contributed by atoms with E-state index in [4.69, 9.17) is 5.73 Å². The Bertz CT molecular complexity index is 325. The largest absolute Gasteiger partial charge is 0.324 e. The summed E-state index contributed by atoms with van der Waals surface area (Å²) in [5, 5.41) is 2.69. The van der Waals surface area contributed by atoms with Crippen LogP contribution in [0.1, 0.15) is 5.56 Å². The molecule has 1 amide bonds. The molecule has 0 aliphatic rings. The SMILES string of the molecule is Cc1cccc(NC(=O)CN)c1Br. The van der Waals surface area contributed by atoms with Crippen molar-refractivity contribution in [1.29, 1.82) is 0 Å². The number of nitrogens with one attached hydrogen (secondary N) is 1. The number of carbonyl (C=O) groups is 1. The Hall–Kier alpha value is -0.870. The van der Waals surface area contributed by atoms with Crippen molar-refractivity contribution < 1.29 is 4.79 Å². The summed E-state index contributed by atoms with van der Waals surface area (Å²) in [6.07, 6.45) is 0. The number of nitrogens with two attached hydrogens (primary N) is 1. The average molecular weight is 243 g/mol. The van der Waals surface area contributed by atoms with Crippen LogP contribution in [0.25, 0.3) is 0 Å². The monoisotopic (exact) mass is 242 g/mol. The molecule has 13 heavy (non-hydrogen) atoms. The first kappa shape index (κ1) is 10.2. The van der Waals surface area contributed by atoms with E-state index in [2.05, 4.69) is 21.2 Å². The van der Waals surface area contributed by atoms with Gasteiger partial charge in [0.15, 0.2) is 0 Å². The number of hydrogen-bond acceptors (Lipinski definition) is 2. The zero-order valence-corrected chi connectivity index (χ0v) is 8.89. The minimum absolute atomic E-state index is 0.000379. The molecule has 1 rings (SSSR count). The number of carbonyl (C=O) groups excluding carboxylic acids is 1. The van der Waals surface area contributed by atoms with Gasteiger partial charge in [0.2, 0.25) is 5.91 Å². The van der Waals surface area contributed by atoms with Crippen LogP contribution in [0.15, 0.2) is 22.7 Å². The molecule has 0 atom stereocenters. The first-order chi connectivity index (χ1) is 6.15. The molecule has 70 valence electrons. The highest BCUT2D eigenvalue weighted by molar-refractivity contribution is 9.10. The van der Waals surface area contributed by atoms with Crippen molar-refractivity contribution in [2.75, 3.05) is 11.9 Å². The molecule has 0 spiro atoms. The molecule has 0 bridgehead atoms. The Balaban J connectivity index is 2.89. The highest BCUT2D eigenvalue weighted by atomic mass is 79.9. The molecule has 3 nitrogen and oxygen atoms in total. The van der Waals surface area contributed by atoms with E-state index in [-0.39, 0.29) is 12.5 Å². The average Bonchev–Trinajstić information content (AvgIpc) is 2.13. The number of anilines is 1. The van der Waals surface area contributed by atoms with Crippen molar-refractivity contribution in [3.8, 4) is 0 Å². The van der Waals surface area contributed by atoms with E-state index in [9.17, 15) is 4.79 Å². The highest BCUT2D eigenvalue weighted by Gasteiger charge is 2.04. The van der Waals surface area contributed by atoms with Crippen LogP contribution in [0, 0.1) is 6.92 Å². The van der Waals surface area contributed by atoms with Crippen LogP contribution < -0.4 is 11.1 Å². The third-order valence-electron chi connectivity index (χ3n) is 1.65. The molecule has 0 radical (unpaired) electrons. The molecule has 0 unspecified atom stereocenters. The van der Waals surface area contributed by atoms with Gasteiger partial charge in [-0.1, -0.05) is 12.1 Å². The zero-order valence-electron chi connectivity index (χ0n) is 7.30. The highest BCUT2D eigenvalue weighted by Crippen LogP contribution is 2.25. The van der Waals surface area contributed by atoms with E-state index < -0.39 is 0 Å². The quantitative estimate of drug-likeness (QED) is 0.829. The van der Waals surface area contributed by atoms with E-state index in [0.29, 0.717) is 0 Å². The lowest BCUT2D eigenvalue weighted by Gasteiger charge is -2.07. The summed E-state index contributed by atoms with van der Waals surface area (Å²) in [5.41, 5.74) is 7.02. The van der Waals surface area contributed by atoms with E-state index in [1.54, 1.807) is 0 Å². The number of halogens is 1. The Labute approximate surface area is 85.4 Å². The molecule has 3 N–H and O–H groups in total. The van der Waals surface area contributed by atoms with Gasteiger partial charge in [-0.2, -0.15) is 0 Å². The van der Waals surface area contributed by atoms with Gasteiger partial charge < -0.3 is 11.1 Å². The Morgan fingerprint density at radius 2 is 2.31 bits per heavy atom. The molecular weight excluding hydrogens is 232 g/mol. The van der Waals surface area contributed by atoms with E-state index >= 15 is 0 Å². The maximum absolute atomic E-state index is 11.0. The number of hydrogen-bond donors (Lipinski definition) is 2. The molecule has 4 heteroatoms.